The Balaban J connectivity index is 2.26. The normalized spacial score (nSPS) is 10.2. The van der Waals surface area contributed by atoms with Crippen LogP contribution in [0.25, 0.3) is 0 Å². The second-order valence-electron chi connectivity index (χ2n) is 4.66. The number of nitrogens with zero attached hydrogens (tertiary/aromatic N) is 3. The van der Waals surface area contributed by atoms with Gasteiger partial charge >= 0.3 is 0 Å². The van der Waals surface area contributed by atoms with Gasteiger partial charge in [-0.15, -0.1) is 0 Å². The molecule has 1 aromatic heterocycles. The summed E-state index contributed by atoms with van der Waals surface area (Å²) in [4.78, 5) is 10.1. The fraction of sp³-hybridized carbons (Fsp3) is 0.333. The molecule has 0 aliphatic carbocycles. The van der Waals surface area contributed by atoms with Gasteiger partial charge in [-0.3, -0.25) is 0 Å². The molecule has 1 heterocycles. The standard InChI is InChI=1S/C15H20N4O3/c1-19(15-13(22-4)14(16)17-9-18-15)8-10-5-6-11(20-2)12(7-10)21-3/h5-7,9H,8H2,1-4H3,(H2,16,17,18). The van der Waals surface area contributed by atoms with Crippen LogP contribution in [0, 0.1) is 0 Å². The second kappa shape index (κ2) is 6.84. The van der Waals surface area contributed by atoms with Gasteiger partial charge in [-0.05, 0) is 17.7 Å². The number of hydrogen-bond acceptors (Lipinski definition) is 7. The van der Waals surface area contributed by atoms with Gasteiger partial charge in [0.25, 0.3) is 0 Å². The predicted molar refractivity (Wildman–Crippen MR) is 84.6 cm³/mol. The first kappa shape index (κ1) is 15.7. The third-order valence-electron chi connectivity index (χ3n) is 3.25. The lowest BCUT2D eigenvalue weighted by Gasteiger charge is -2.21. The lowest BCUT2D eigenvalue weighted by Crippen LogP contribution is -2.19. The van der Waals surface area contributed by atoms with Gasteiger partial charge in [-0.2, -0.15) is 0 Å². The van der Waals surface area contributed by atoms with Crippen molar-refractivity contribution in [1.29, 1.82) is 0 Å². The molecule has 0 atom stereocenters. The van der Waals surface area contributed by atoms with Crippen molar-refractivity contribution in [3.05, 3.63) is 30.1 Å². The summed E-state index contributed by atoms with van der Waals surface area (Å²) >= 11 is 0. The lowest BCUT2D eigenvalue weighted by molar-refractivity contribution is 0.354. The Bertz CT molecular complexity index is 649. The fourth-order valence-electron chi connectivity index (χ4n) is 2.17. The van der Waals surface area contributed by atoms with E-state index in [9.17, 15) is 0 Å². The number of anilines is 2. The van der Waals surface area contributed by atoms with E-state index in [0.29, 0.717) is 35.4 Å². The highest BCUT2D eigenvalue weighted by Crippen LogP contribution is 2.31. The van der Waals surface area contributed by atoms with Gasteiger partial charge in [0.1, 0.15) is 6.33 Å². The number of nitrogen functional groups attached to an aromatic ring is 1. The Morgan fingerprint density at radius 3 is 2.41 bits per heavy atom. The summed E-state index contributed by atoms with van der Waals surface area (Å²) in [5.74, 6) is 2.78. The molecule has 0 saturated heterocycles. The zero-order chi connectivity index (χ0) is 16.1. The van der Waals surface area contributed by atoms with Crippen molar-refractivity contribution < 1.29 is 14.2 Å². The molecule has 22 heavy (non-hydrogen) atoms. The van der Waals surface area contributed by atoms with Gasteiger partial charge in [0, 0.05) is 13.6 Å². The van der Waals surface area contributed by atoms with Crippen LogP contribution in [0.15, 0.2) is 24.5 Å². The van der Waals surface area contributed by atoms with Crippen LogP contribution in [-0.4, -0.2) is 38.3 Å². The first-order valence-corrected chi connectivity index (χ1v) is 6.67. The molecule has 0 unspecified atom stereocenters. The molecule has 118 valence electrons. The minimum atomic E-state index is 0.312. The average molecular weight is 304 g/mol. The molecule has 0 saturated carbocycles. The van der Waals surface area contributed by atoms with Crippen LogP contribution < -0.4 is 24.8 Å². The second-order valence-corrected chi connectivity index (χ2v) is 4.66. The Morgan fingerprint density at radius 1 is 1.05 bits per heavy atom. The molecular formula is C15H20N4O3. The zero-order valence-corrected chi connectivity index (χ0v) is 13.2. The largest absolute Gasteiger partial charge is 0.493 e. The van der Waals surface area contributed by atoms with Crippen LogP contribution in [0.1, 0.15) is 5.56 Å². The molecule has 0 bridgehead atoms. The summed E-state index contributed by atoms with van der Waals surface area (Å²) in [5.41, 5.74) is 6.85. The maximum Gasteiger partial charge on any atom is 0.204 e. The van der Waals surface area contributed by atoms with Crippen LogP contribution in [0.4, 0.5) is 11.6 Å². The van der Waals surface area contributed by atoms with Crippen LogP contribution in [-0.2, 0) is 6.54 Å². The van der Waals surface area contributed by atoms with Gasteiger partial charge in [-0.1, -0.05) is 6.07 Å². The van der Waals surface area contributed by atoms with Crippen LogP contribution >= 0.6 is 0 Å². The molecule has 7 nitrogen and oxygen atoms in total. The molecule has 0 spiro atoms. The predicted octanol–water partition coefficient (Wildman–Crippen LogP) is 1.72. The molecule has 2 aromatic rings. The number of aromatic nitrogens is 2. The number of ether oxygens (including phenoxy) is 3. The number of benzene rings is 1. The summed E-state index contributed by atoms with van der Waals surface area (Å²) in [6.07, 6.45) is 1.41. The van der Waals surface area contributed by atoms with Crippen molar-refractivity contribution >= 4 is 11.6 Å². The van der Waals surface area contributed by atoms with Crippen molar-refractivity contribution in [3.8, 4) is 17.2 Å². The first-order chi connectivity index (χ1) is 10.6. The molecule has 0 fully saturated rings. The van der Waals surface area contributed by atoms with E-state index in [1.54, 1.807) is 21.3 Å². The van der Waals surface area contributed by atoms with Crippen molar-refractivity contribution in [2.75, 3.05) is 39.0 Å². The topological polar surface area (TPSA) is 82.7 Å². The number of hydrogen-bond donors (Lipinski definition) is 1. The number of methoxy groups -OCH3 is 3. The fourth-order valence-corrected chi connectivity index (χ4v) is 2.17. The molecular weight excluding hydrogens is 284 g/mol. The van der Waals surface area contributed by atoms with E-state index in [4.69, 9.17) is 19.9 Å². The quantitative estimate of drug-likeness (QED) is 0.870. The molecule has 0 aliphatic heterocycles. The van der Waals surface area contributed by atoms with E-state index in [1.807, 2.05) is 30.1 Å². The van der Waals surface area contributed by atoms with Crippen molar-refractivity contribution in [1.82, 2.24) is 9.97 Å². The van der Waals surface area contributed by atoms with Crippen molar-refractivity contribution in [2.45, 2.75) is 6.54 Å². The van der Waals surface area contributed by atoms with E-state index in [1.165, 1.54) is 6.33 Å². The molecule has 2 rings (SSSR count). The van der Waals surface area contributed by atoms with Crippen LogP contribution in [0.2, 0.25) is 0 Å². The van der Waals surface area contributed by atoms with E-state index in [-0.39, 0.29) is 0 Å². The smallest absolute Gasteiger partial charge is 0.204 e. The highest BCUT2D eigenvalue weighted by Gasteiger charge is 2.15. The molecule has 0 radical (unpaired) electrons. The van der Waals surface area contributed by atoms with Crippen molar-refractivity contribution in [2.24, 2.45) is 0 Å². The van der Waals surface area contributed by atoms with Gasteiger partial charge in [0.2, 0.25) is 5.75 Å². The summed E-state index contributed by atoms with van der Waals surface area (Å²) in [6, 6.07) is 5.76. The minimum absolute atomic E-state index is 0.312. The van der Waals surface area contributed by atoms with E-state index in [0.717, 1.165) is 5.56 Å². The minimum Gasteiger partial charge on any atom is -0.493 e. The molecule has 7 heteroatoms. The zero-order valence-electron chi connectivity index (χ0n) is 13.2. The van der Waals surface area contributed by atoms with Gasteiger partial charge in [0.05, 0.1) is 21.3 Å². The number of rotatable bonds is 6. The van der Waals surface area contributed by atoms with E-state index < -0.39 is 0 Å². The monoisotopic (exact) mass is 304 g/mol. The summed E-state index contributed by atoms with van der Waals surface area (Å²) < 4.78 is 15.8. The third kappa shape index (κ3) is 3.13. The SMILES string of the molecule is COc1ccc(CN(C)c2ncnc(N)c2OC)cc1OC. The Labute approximate surface area is 129 Å². The molecule has 0 amide bonds. The Morgan fingerprint density at radius 2 is 1.77 bits per heavy atom. The molecule has 2 N–H and O–H groups in total. The Hall–Kier alpha value is -2.70. The van der Waals surface area contributed by atoms with Crippen LogP contribution in [0.3, 0.4) is 0 Å². The first-order valence-electron chi connectivity index (χ1n) is 6.67. The Kier molecular flexibility index (Phi) is 4.88. The number of nitrogens with two attached hydrogens (primary N) is 1. The van der Waals surface area contributed by atoms with E-state index >= 15 is 0 Å². The van der Waals surface area contributed by atoms with Gasteiger partial charge < -0.3 is 24.8 Å². The molecule has 1 aromatic carbocycles. The summed E-state index contributed by atoms with van der Waals surface area (Å²) in [7, 11) is 6.67. The highest BCUT2D eigenvalue weighted by atomic mass is 16.5. The maximum atomic E-state index is 5.81. The van der Waals surface area contributed by atoms with Gasteiger partial charge in [-0.25, -0.2) is 9.97 Å². The summed E-state index contributed by atoms with van der Waals surface area (Å²) in [6.45, 7) is 0.604. The average Bonchev–Trinajstić information content (AvgIpc) is 2.54. The van der Waals surface area contributed by atoms with E-state index in [2.05, 4.69) is 9.97 Å². The molecule has 0 aliphatic rings. The van der Waals surface area contributed by atoms with Gasteiger partial charge in [0.15, 0.2) is 23.1 Å². The van der Waals surface area contributed by atoms with Crippen LogP contribution in [0.5, 0.6) is 17.2 Å². The highest BCUT2D eigenvalue weighted by molar-refractivity contribution is 5.62. The summed E-state index contributed by atoms with van der Waals surface area (Å²) in [5, 5.41) is 0. The lowest BCUT2D eigenvalue weighted by atomic mass is 10.2. The third-order valence-corrected chi connectivity index (χ3v) is 3.25. The van der Waals surface area contributed by atoms with Crippen molar-refractivity contribution in [3.63, 3.8) is 0 Å². The maximum absolute atomic E-state index is 5.81.